The molecule has 1 aromatic rings. The number of phenols is 1. The summed E-state index contributed by atoms with van der Waals surface area (Å²) in [7, 11) is 3.05. The molecule has 0 unspecified atom stereocenters. The molecule has 0 heterocycles. The van der Waals surface area contributed by atoms with Gasteiger partial charge in [-0.05, 0) is 12.1 Å². The number of primary amides is 1. The first-order valence-corrected chi connectivity index (χ1v) is 4.28. The zero-order valence-corrected chi connectivity index (χ0v) is 8.52. The second kappa shape index (κ2) is 4.00. The lowest BCUT2D eigenvalue weighted by molar-refractivity contribution is 0.0817. The van der Waals surface area contributed by atoms with E-state index in [9.17, 15) is 14.7 Å². The number of benzene rings is 1. The molecule has 0 saturated carbocycles. The number of amides is 2. The Hall–Kier alpha value is -2.04. The van der Waals surface area contributed by atoms with Crippen LogP contribution in [0.4, 0.5) is 0 Å². The van der Waals surface area contributed by atoms with Crippen LogP contribution < -0.4 is 5.73 Å². The van der Waals surface area contributed by atoms with Crippen LogP contribution in [0.2, 0.25) is 0 Å². The second-order valence-electron chi connectivity index (χ2n) is 3.26. The minimum atomic E-state index is -0.740. The summed E-state index contributed by atoms with van der Waals surface area (Å²) >= 11 is 0. The minimum absolute atomic E-state index is 0.0219. The van der Waals surface area contributed by atoms with E-state index in [0.29, 0.717) is 0 Å². The van der Waals surface area contributed by atoms with Crippen molar-refractivity contribution >= 4 is 11.8 Å². The molecule has 3 N–H and O–H groups in total. The molecule has 0 aliphatic heterocycles. The van der Waals surface area contributed by atoms with Crippen LogP contribution in [0.15, 0.2) is 18.2 Å². The number of hydrogen-bond donors (Lipinski definition) is 2. The van der Waals surface area contributed by atoms with Crippen molar-refractivity contribution in [1.29, 1.82) is 0 Å². The van der Waals surface area contributed by atoms with Crippen molar-refractivity contribution in [3.63, 3.8) is 0 Å². The van der Waals surface area contributed by atoms with Gasteiger partial charge in [0.1, 0.15) is 5.75 Å². The third-order valence-corrected chi connectivity index (χ3v) is 1.93. The van der Waals surface area contributed by atoms with Gasteiger partial charge in [-0.15, -0.1) is 0 Å². The predicted molar refractivity (Wildman–Crippen MR) is 54.6 cm³/mol. The van der Waals surface area contributed by atoms with Crippen molar-refractivity contribution in [3.8, 4) is 5.75 Å². The van der Waals surface area contributed by atoms with Crippen LogP contribution in [-0.2, 0) is 0 Å². The van der Waals surface area contributed by atoms with Gasteiger partial charge in [-0.3, -0.25) is 9.59 Å². The average Bonchev–Trinajstić information content (AvgIpc) is 2.16. The molecular formula is C10H12N2O3. The molecule has 15 heavy (non-hydrogen) atoms. The van der Waals surface area contributed by atoms with E-state index in [4.69, 9.17) is 5.73 Å². The lowest BCUT2D eigenvalue weighted by atomic mass is 10.0. The summed E-state index contributed by atoms with van der Waals surface area (Å²) in [6, 6.07) is 4.20. The predicted octanol–water partition coefficient (Wildman–Crippen LogP) is 0.193. The molecule has 5 nitrogen and oxygen atoms in total. The molecule has 2 amide bonds. The van der Waals surface area contributed by atoms with Crippen molar-refractivity contribution in [2.24, 2.45) is 5.73 Å². The maximum atomic E-state index is 11.6. The van der Waals surface area contributed by atoms with E-state index in [2.05, 4.69) is 0 Å². The molecule has 0 aromatic heterocycles. The van der Waals surface area contributed by atoms with E-state index in [1.807, 2.05) is 0 Å². The maximum absolute atomic E-state index is 11.6. The fourth-order valence-electron chi connectivity index (χ4n) is 1.19. The van der Waals surface area contributed by atoms with Gasteiger partial charge < -0.3 is 15.7 Å². The van der Waals surface area contributed by atoms with Crippen LogP contribution in [0.1, 0.15) is 20.7 Å². The standard InChI is InChI=1S/C10H12N2O3/c1-12(2)10(15)8-6(9(11)14)4-3-5-7(8)13/h3-5,13H,1-2H3,(H2,11,14). The van der Waals surface area contributed by atoms with Crippen LogP contribution in [-0.4, -0.2) is 35.9 Å². The van der Waals surface area contributed by atoms with Gasteiger partial charge in [-0.25, -0.2) is 0 Å². The number of phenolic OH excluding ortho intramolecular Hbond substituents is 1. The van der Waals surface area contributed by atoms with Gasteiger partial charge in [0.25, 0.3) is 5.91 Å². The van der Waals surface area contributed by atoms with Crippen LogP contribution >= 0.6 is 0 Å². The Labute approximate surface area is 87.1 Å². The van der Waals surface area contributed by atoms with E-state index in [-0.39, 0.29) is 16.9 Å². The summed E-state index contributed by atoms with van der Waals surface area (Å²) in [5, 5.41) is 9.50. The topological polar surface area (TPSA) is 83.6 Å². The molecule has 0 spiro atoms. The van der Waals surface area contributed by atoms with E-state index in [1.165, 1.54) is 37.2 Å². The van der Waals surface area contributed by atoms with Gasteiger partial charge in [0.2, 0.25) is 5.91 Å². The smallest absolute Gasteiger partial charge is 0.257 e. The molecule has 0 saturated heterocycles. The Morgan fingerprint density at radius 3 is 2.40 bits per heavy atom. The molecular weight excluding hydrogens is 196 g/mol. The number of aromatic hydroxyl groups is 1. The molecule has 80 valence electrons. The highest BCUT2D eigenvalue weighted by Crippen LogP contribution is 2.21. The maximum Gasteiger partial charge on any atom is 0.257 e. The first kappa shape index (κ1) is 11.0. The number of nitrogens with zero attached hydrogens (tertiary/aromatic N) is 1. The summed E-state index contributed by atoms with van der Waals surface area (Å²) in [6.45, 7) is 0. The van der Waals surface area contributed by atoms with Crippen molar-refractivity contribution < 1.29 is 14.7 Å². The molecule has 0 fully saturated rings. The largest absolute Gasteiger partial charge is 0.507 e. The highest BCUT2D eigenvalue weighted by Gasteiger charge is 2.20. The summed E-state index contributed by atoms with van der Waals surface area (Å²) in [5.74, 6) is -1.44. The van der Waals surface area contributed by atoms with Gasteiger partial charge >= 0.3 is 0 Å². The van der Waals surface area contributed by atoms with Gasteiger partial charge in [0, 0.05) is 14.1 Å². The quantitative estimate of drug-likeness (QED) is 0.727. The van der Waals surface area contributed by atoms with E-state index in [1.54, 1.807) is 0 Å². The van der Waals surface area contributed by atoms with Crippen LogP contribution in [0.5, 0.6) is 5.75 Å². The Morgan fingerprint density at radius 2 is 1.93 bits per heavy atom. The summed E-state index contributed by atoms with van der Waals surface area (Å²) in [5.41, 5.74) is 5.06. The molecule has 1 aromatic carbocycles. The van der Waals surface area contributed by atoms with Gasteiger partial charge in [-0.2, -0.15) is 0 Å². The van der Waals surface area contributed by atoms with Crippen molar-refractivity contribution in [2.45, 2.75) is 0 Å². The van der Waals surface area contributed by atoms with Gasteiger partial charge in [0.15, 0.2) is 0 Å². The monoisotopic (exact) mass is 208 g/mol. The summed E-state index contributed by atoms with van der Waals surface area (Å²) in [6.07, 6.45) is 0. The van der Waals surface area contributed by atoms with E-state index in [0.717, 1.165) is 0 Å². The highest BCUT2D eigenvalue weighted by molar-refractivity contribution is 6.08. The van der Waals surface area contributed by atoms with Gasteiger partial charge in [-0.1, -0.05) is 6.07 Å². The Bertz CT molecular complexity index is 413. The van der Waals surface area contributed by atoms with Crippen LogP contribution in [0.25, 0.3) is 0 Å². The summed E-state index contributed by atoms with van der Waals surface area (Å²) < 4.78 is 0. The number of carbonyl (C=O) groups is 2. The Morgan fingerprint density at radius 1 is 1.33 bits per heavy atom. The molecule has 1 rings (SSSR count). The number of carbonyl (C=O) groups excluding carboxylic acids is 2. The first-order valence-electron chi connectivity index (χ1n) is 4.28. The average molecular weight is 208 g/mol. The lowest BCUT2D eigenvalue weighted by Crippen LogP contribution is -2.25. The Balaban J connectivity index is 3.37. The zero-order chi connectivity index (χ0) is 11.6. The molecule has 0 aliphatic rings. The SMILES string of the molecule is CN(C)C(=O)c1c(O)cccc1C(N)=O. The molecule has 0 aliphatic carbocycles. The third-order valence-electron chi connectivity index (χ3n) is 1.93. The highest BCUT2D eigenvalue weighted by atomic mass is 16.3. The zero-order valence-electron chi connectivity index (χ0n) is 8.52. The normalized spacial score (nSPS) is 9.73. The van der Waals surface area contributed by atoms with Gasteiger partial charge in [0.05, 0.1) is 11.1 Å². The van der Waals surface area contributed by atoms with Crippen LogP contribution in [0.3, 0.4) is 0 Å². The lowest BCUT2D eigenvalue weighted by Gasteiger charge is -2.13. The van der Waals surface area contributed by atoms with E-state index < -0.39 is 11.8 Å². The molecule has 0 bridgehead atoms. The molecule has 0 radical (unpaired) electrons. The second-order valence-corrected chi connectivity index (χ2v) is 3.26. The van der Waals surface area contributed by atoms with Crippen LogP contribution in [0, 0.1) is 0 Å². The number of rotatable bonds is 2. The summed E-state index contributed by atoms with van der Waals surface area (Å²) in [4.78, 5) is 24.0. The molecule has 0 atom stereocenters. The first-order chi connectivity index (χ1) is 6.95. The van der Waals surface area contributed by atoms with E-state index >= 15 is 0 Å². The number of nitrogens with two attached hydrogens (primary N) is 1. The minimum Gasteiger partial charge on any atom is -0.507 e. The number of hydrogen-bond acceptors (Lipinski definition) is 3. The Kier molecular flexibility index (Phi) is 2.94. The van der Waals surface area contributed by atoms with Crippen molar-refractivity contribution in [2.75, 3.05) is 14.1 Å². The third kappa shape index (κ3) is 2.07. The van der Waals surface area contributed by atoms with Crippen molar-refractivity contribution in [3.05, 3.63) is 29.3 Å². The fraction of sp³-hybridized carbons (Fsp3) is 0.200. The fourth-order valence-corrected chi connectivity index (χ4v) is 1.19. The molecule has 5 heteroatoms. The van der Waals surface area contributed by atoms with Crippen molar-refractivity contribution in [1.82, 2.24) is 4.90 Å².